The highest BCUT2D eigenvalue weighted by Gasteiger charge is 2.01. The van der Waals surface area contributed by atoms with E-state index in [1.165, 1.54) is 4.68 Å². The first-order valence-electron chi connectivity index (χ1n) is 4.04. The van der Waals surface area contributed by atoms with E-state index >= 15 is 0 Å². The largest absolute Gasteiger partial charge is 0.396 e. The second-order valence-corrected chi connectivity index (χ2v) is 2.52. The number of aliphatic hydroxyl groups excluding tert-OH is 1. The van der Waals surface area contributed by atoms with Crippen LogP contribution in [0.5, 0.6) is 0 Å². The first kappa shape index (κ1) is 8.99. The molecule has 1 aromatic heterocycles. The summed E-state index contributed by atoms with van der Waals surface area (Å²) in [6.07, 6.45) is 1.26. The van der Waals surface area contributed by atoms with Crippen LogP contribution >= 0.6 is 0 Å². The molecule has 1 aromatic rings. The molecule has 0 bridgehead atoms. The highest BCUT2D eigenvalue weighted by atomic mass is 16.3. The van der Waals surface area contributed by atoms with Gasteiger partial charge in [0.15, 0.2) is 0 Å². The number of aliphatic hydroxyl groups is 1. The Labute approximate surface area is 70.0 Å². The second-order valence-electron chi connectivity index (χ2n) is 2.52. The van der Waals surface area contributed by atoms with Gasteiger partial charge in [-0.3, -0.25) is 4.98 Å². The Balaban J connectivity index is 2.69. The van der Waals surface area contributed by atoms with E-state index in [1.54, 1.807) is 0 Å². The molecule has 0 radical (unpaired) electrons. The lowest BCUT2D eigenvalue weighted by atomic mass is 10.3. The van der Waals surface area contributed by atoms with Crippen LogP contribution in [0, 0.1) is 0 Å². The van der Waals surface area contributed by atoms with Gasteiger partial charge in [-0.1, -0.05) is 0 Å². The number of rotatable bonds is 4. The van der Waals surface area contributed by atoms with E-state index in [0.29, 0.717) is 25.2 Å². The molecule has 5 nitrogen and oxygen atoms in total. The molecule has 0 unspecified atom stereocenters. The molecule has 12 heavy (non-hydrogen) atoms. The minimum Gasteiger partial charge on any atom is -0.396 e. The number of aromatic nitrogens is 3. The van der Waals surface area contributed by atoms with Gasteiger partial charge in [0.2, 0.25) is 0 Å². The molecule has 68 valence electrons. The van der Waals surface area contributed by atoms with Crippen LogP contribution in [0.25, 0.3) is 0 Å². The minimum absolute atomic E-state index is 0.126. The van der Waals surface area contributed by atoms with Crippen molar-refractivity contribution in [3.8, 4) is 0 Å². The number of aryl methyl sites for hydroxylation is 2. The zero-order chi connectivity index (χ0) is 8.97. The number of H-pyrrole nitrogens is 1. The highest BCUT2D eigenvalue weighted by molar-refractivity contribution is 4.81. The summed E-state index contributed by atoms with van der Waals surface area (Å²) in [4.78, 5) is 13.6. The van der Waals surface area contributed by atoms with Gasteiger partial charge in [-0.05, 0) is 13.3 Å². The first-order valence-corrected chi connectivity index (χ1v) is 4.04. The van der Waals surface area contributed by atoms with Crippen LogP contribution in [0.15, 0.2) is 4.79 Å². The molecule has 0 aliphatic carbocycles. The summed E-state index contributed by atoms with van der Waals surface area (Å²) in [5.74, 6) is 0.649. The van der Waals surface area contributed by atoms with Gasteiger partial charge in [-0.15, -0.1) is 0 Å². The van der Waals surface area contributed by atoms with E-state index in [2.05, 4.69) is 10.1 Å². The second kappa shape index (κ2) is 4.06. The number of aromatic amines is 1. The molecule has 1 rings (SSSR count). The highest BCUT2D eigenvalue weighted by Crippen LogP contribution is 1.91. The van der Waals surface area contributed by atoms with Crippen LogP contribution in [0.1, 0.15) is 19.2 Å². The summed E-state index contributed by atoms with van der Waals surface area (Å²) in [7, 11) is 0. The first-order chi connectivity index (χ1) is 5.77. The Morgan fingerprint density at radius 1 is 1.67 bits per heavy atom. The van der Waals surface area contributed by atoms with Crippen molar-refractivity contribution in [1.82, 2.24) is 14.8 Å². The van der Waals surface area contributed by atoms with Crippen LogP contribution < -0.4 is 5.69 Å². The van der Waals surface area contributed by atoms with Crippen molar-refractivity contribution in [3.05, 3.63) is 16.3 Å². The summed E-state index contributed by atoms with van der Waals surface area (Å²) in [5.41, 5.74) is -0.176. The number of nitrogens with one attached hydrogen (secondary N) is 1. The molecule has 1 heterocycles. The predicted octanol–water partition coefficient (Wildman–Crippen LogP) is -0.484. The fraction of sp³-hybridized carbons (Fsp3) is 0.714. The number of hydrogen-bond donors (Lipinski definition) is 2. The Hall–Kier alpha value is -1.10. The molecule has 0 aromatic carbocycles. The maximum absolute atomic E-state index is 11.0. The smallest absolute Gasteiger partial charge is 0.343 e. The van der Waals surface area contributed by atoms with Gasteiger partial charge in [0.25, 0.3) is 0 Å². The van der Waals surface area contributed by atoms with Gasteiger partial charge < -0.3 is 5.11 Å². The van der Waals surface area contributed by atoms with Crippen LogP contribution in [0.2, 0.25) is 0 Å². The van der Waals surface area contributed by atoms with E-state index in [1.807, 2.05) is 6.92 Å². The maximum atomic E-state index is 11.0. The van der Waals surface area contributed by atoms with Crippen molar-refractivity contribution < 1.29 is 5.11 Å². The number of hydrogen-bond acceptors (Lipinski definition) is 3. The summed E-state index contributed by atoms with van der Waals surface area (Å²) >= 11 is 0. The van der Waals surface area contributed by atoms with E-state index in [9.17, 15) is 4.79 Å². The molecule has 0 saturated carbocycles. The van der Waals surface area contributed by atoms with Gasteiger partial charge >= 0.3 is 5.69 Å². The third kappa shape index (κ3) is 1.94. The molecular weight excluding hydrogens is 158 g/mol. The molecule has 0 atom stereocenters. The van der Waals surface area contributed by atoms with Crippen molar-refractivity contribution in [2.75, 3.05) is 6.61 Å². The summed E-state index contributed by atoms with van der Waals surface area (Å²) in [6.45, 7) is 2.56. The topological polar surface area (TPSA) is 70.9 Å². The summed E-state index contributed by atoms with van der Waals surface area (Å²) in [5, 5.41) is 12.5. The molecule has 0 spiro atoms. The Morgan fingerprint density at radius 3 is 2.92 bits per heavy atom. The van der Waals surface area contributed by atoms with E-state index in [-0.39, 0.29) is 12.3 Å². The van der Waals surface area contributed by atoms with Gasteiger partial charge in [-0.2, -0.15) is 5.10 Å². The predicted molar refractivity (Wildman–Crippen MR) is 43.9 cm³/mol. The molecule has 2 N–H and O–H groups in total. The summed E-state index contributed by atoms with van der Waals surface area (Å²) in [6, 6.07) is 0. The Bertz CT molecular complexity index is 289. The standard InChI is InChI=1S/C7H13N3O2/c1-2-10-7(12)8-6(9-10)4-3-5-11/h11H,2-5H2,1H3,(H,8,9,12). The number of nitrogens with zero attached hydrogens (tertiary/aromatic N) is 2. The van der Waals surface area contributed by atoms with Gasteiger partial charge in [0, 0.05) is 19.6 Å². The van der Waals surface area contributed by atoms with Gasteiger partial charge in [0.1, 0.15) is 5.82 Å². The average Bonchev–Trinajstić information content (AvgIpc) is 2.43. The SMILES string of the molecule is CCn1nc(CCCO)[nH]c1=O. The van der Waals surface area contributed by atoms with Crippen molar-refractivity contribution in [2.45, 2.75) is 26.3 Å². The lowest BCUT2D eigenvalue weighted by Crippen LogP contribution is -2.16. The third-order valence-electron chi connectivity index (χ3n) is 1.60. The van der Waals surface area contributed by atoms with E-state index in [0.717, 1.165) is 0 Å². The zero-order valence-corrected chi connectivity index (χ0v) is 7.08. The molecule has 0 aliphatic rings. The Morgan fingerprint density at radius 2 is 2.42 bits per heavy atom. The lowest BCUT2D eigenvalue weighted by Gasteiger charge is -1.91. The van der Waals surface area contributed by atoms with Crippen LogP contribution in [0.3, 0.4) is 0 Å². The molecule has 0 fully saturated rings. The Kier molecular flexibility index (Phi) is 3.04. The fourth-order valence-electron chi connectivity index (χ4n) is 0.977. The molecule has 0 saturated heterocycles. The minimum atomic E-state index is -0.176. The van der Waals surface area contributed by atoms with Crippen molar-refractivity contribution >= 4 is 0 Å². The van der Waals surface area contributed by atoms with Crippen molar-refractivity contribution in [1.29, 1.82) is 0 Å². The lowest BCUT2D eigenvalue weighted by molar-refractivity contribution is 0.287. The monoisotopic (exact) mass is 171 g/mol. The normalized spacial score (nSPS) is 10.5. The van der Waals surface area contributed by atoms with E-state index in [4.69, 9.17) is 5.11 Å². The van der Waals surface area contributed by atoms with Crippen LogP contribution in [0.4, 0.5) is 0 Å². The van der Waals surface area contributed by atoms with Crippen LogP contribution in [-0.4, -0.2) is 26.5 Å². The molecule has 5 heteroatoms. The molecule has 0 amide bonds. The van der Waals surface area contributed by atoms with Crippen LogP contribution in [-0.2, 0) is 13.0 Å². The quantitative estimate of drug-likeness (QED) is 0.642. The van der Waals surface area contributed by atoms with Crippen molar-refractivity contribution in [2.24, 2.45) is 0 Å². The molecular formula is C7H13N3O2. The molecule has 0 aliphatic heterocycles. The maximum Gasteiger partial charge on any atom is 0.343 e. The average molecular weight is 171 g/mol. The third-order valence-corrected chi connectivity index (χ3v) is 1.60. The van der Waals surface area contributed by atoms with Crippen molar-refractivity contribution in [3.63, 3.8) is 0 Å². The van der Waals surface area contributed by atoms with E-state index < -0.39 is 0 Å². The summed E-state index contributed by atoms with van der Waals surface area (Å²) < 4.78 is 1.37. The zero-order valence-electron chi connectivity index (χ0n) is 7.08. The fourth-order valence-corrected chi connectivity index (χ4v) is 0.977. The van der Waals surface area contributed by atoms with Gasteiger partial charge in [0.05, 0.1) is 0 Å². The van der Waals surface area contributed by atoms with Gasteiger partial charge in [-0.25, -0.2) is 9.48 Å².